The lowest BCUT2D eigenvalue weighted by molar-refractivity contribution is -0.155. The SMILES string of the molecule is COC(=O)C1=C(C)[C@@](C(C)=O)(C(=O)OC)N(C)C(C)=C1c1ccc(OC)cc1OC. The number of methoxy groups -OCH3 is 4. The van der Waals surface area contributed by atoms with E-state index in [9.17, 15) is 14.4 Å². The van der Waals surface area contributed by atoms with Crippen molar-refractivity contribution < 1.29 is 33.3 Å². The molecule has 162 valence electrons. The predicted octanol–water partition coefficient (Wildman–Crippen LogP) is 2.37. The molecule has 8 heteroatoms. The Morgan fingerprint density at radius 3 is 2.07 bits per heavy atom. The van der Waals surface area contributed by atoms with E-state index in [0.29, 0.717) is 28.3 Å². The monoisotopic (exact) mass is 417 g/mol. The van der Waals surface area contributed by atoms with Crippen molar-refractivity contribution in [1.82, 2.24) is 4.90 Å². The zero-order valence-electron chi connectivity index (χ0n) is 18.5. The van der Waals surface area contributed by atoms with Crippen LogP contribution in [0.1, 0.15) is 26.3 Å². The number of likely N-dealkylation sites (N-methyl/N-ethyl adjacent to an activating group) is 1. The maximum absolute atomic E-state index is 12.9. The van der Waals surface area contributed by atoms with Crippen molar-refractivity contribution in [2.24, 2.45) is 0 Å². The van der Waals surface area contributed by atoms with Gasteiger partial charge >= 0.3 is 11.9 Å². The summed E-state index contributed by atoms with van der Waals surface area (Å²) in [5, 5.41) is 0. The Bertz CT molecular complexity index is 960. The number of ether oxygens (including phenoxy) is 4. The smallest absolute Gasteiger partial charge is 0.344 e. The van der Waals surface area contributed by atoms with Crippen molar-refractivity contribution in [1.29, 1.82) is 0 Å². The minimum Gasteiger partial charge on any atom is -0.497 e. The maximum atomic E-state index is 12.9. The van der Waals surface area contributed by atoms with Crippen molar-refractivity contribution in [2.75, 3.05) is 35.5 Å². The number of benzene rings is 1. The quantitative estimate of drug-likeness (QED) is 0.515. The fourth-order valence-electron chi connectivity index (χ4n) is 3.99. The molecule has 0 aromatic heterocycles. The fourth-order valence-corrected chi connectivity index (χ4v) is 3.99. The molecular formula is C22H27NO7. The molecule has 2 rings (SSSR count). The zero-order chi connectivity index (χ0) is 22.8. The maximum Gasteiger partial charge on any atom is 0.344 e. The second-order valence-electron chi connectivity index (χ2n) is 6.84. The van der Waals surface area contributed by atoms with E-state index in [0.717, 1.165) is 0 Å². The number of esters is 2. The standard InChI is InChI=1S/C22H27NO7/c1-12-18(20(25)29-7)19(16-10-9-15(27-5)11-17(16)28-6)13(2)23(4)22(12,14(3)24)21(26)30-8/h9-11H,1-8H3/t22-/m1/s1. The third-order valence-electron chi connectivity index (χ3n) is 5.59. The van der Waals surface area contributed by atoms with Gasteiger partial charge in [0.1, 0.15) is 11.5 Å². The molecule has 1 aromatic carbocycles. The van der Waals surface area contributed by atoms with E-state index in [4.69, 9.17) is 18.9 Å². The van der Waals surface area contributed by atoms with Gasteiger partial charge in [0.05, 0.1) is 34.0 Å². The van der Waals surface area contributed by atoms with Crippen LogP contribution in [0.3, 0.4) is 0 Å². The molecule has 0 N–H and O–H groups in total. The van der Waals surface area contributed by atoms with E-state index in [1.54, 1.807) is 39.1 Å². The molecule has 0 aliphatic carbocycles. The second kappa shape index (κ2) is 8.61. The highest BCUT2D eigenvalue weighted by molar-refractivity contribution is 6.18. The first-order chi connectivity index (χ1) is 14.1. The summed E-state index contributed by atoms with van der Waals surface area (Å²) in [6.07, 6.45) is 0. The van der Waals surface area contributed by atoms with Crippen LogP contribution in [-0.2, 0) is 23.9 Å². The van der Waals surface area contributed by atoms with Crippen LogP contribution in [0.2, 0.25) is 0 Å². The molecule has 1 atom stereocenters. The summed E-state index contributed by atoms with van der Waals surface area (Å²) in [4.78, 5) is 40.1. The van der Waals surface area contributed by atoms with Crippen molar-refractivity contribution in [2.45, 2.75) is 26.3 Å². The number of hydrogen-bond donors (Lipinski definition) is 0. The summed E-state index contributed by atoms with van der Waals surface area (Å²) >= 11 is 0. The Morgan fingerprint density at radius 2 is 1.60 bits per heavy atom. The van der Waals surface area contributed by atoms with Gasteiger partial charge in [0.2, 0.25) is 5.54 Å². The minimum absolute atomic E-state index is 0.108. The number of carbonyl (C=O) groups is 3. The van der Waals surface area contributed by atoms with Crippen LogP contribution in [0.15, 0.2) is 35.0 Å². The molecule has 0 saturated heterocycles. The second-order valence-corrected chi connectivity index (χ2v) is 6.84. The predicted molar refractivity (Wildman–Crippen MR) is 110 cm³/mol. The van der Waals surface area contributed by atoms with Gasteiger partial charge in [-0.25, -0.2) is 9.59 Å². The number of Topliss-reactive ketones (excluding diaryl/α,β-unsaturated/α-hetero) is 1. The average molecular weight is 417 g/mol. The Hall–Kier alpha value is -3.29. The average Bonchev–Trinajstić information content (AvgIpc) is 2.74. The van der Waals surface area contributed by atoms with E-state index >= 15 is 0 Å². The molecule has 0 saturated carbocycles. The Morgan fingerprint density at radius 1 is 0.967 bits per heavy atom. The molecule has 0 fully saturated rings. The molecular weight excluding hydrogens is 390 g/mol. The van der Waals surface area contributed by atoms with Gasteiger partial charge in [0, 0.05) is 29.9 Å². The molecule has 30 heavy (non-hydrogen) atoms. The highest BCUT2D eigenvalue weighted by Crippen LogP contribution is 2.46. The van der Waals surface area contributed by atoms with Crippen LogP contribution in [0.4, 0.5) is 0 Å². The van der Waals surface area contributed by atoms with E-state index in [2.05, 4.69) is 0 Å². The minimum atomic E-state index is -1.79. The normalized spacial score (nSPS) is 18.9. The van der Waals surface area contributed by atoms with Crippen molar-refractivity contribution in [3.05, 3.63) is 40.6 Å². The van der Waals surface area contributed by atoms with Crippen LogP contribution in [0.25, 0.3) is 5.57 Å². The number of carbonyl (C=O) groups excluding carboxylic acids is 3. The topological polar surface area (TPSA) is 91.4 Å². The van der Waals surface area contributed by atoms with Gasteiger partial charge in [-0.15, -0.1) is 0 Å². The fraction of sp³-hybridized carbons (Fsp3) is 0.409. The highest BCUT2D eigenvalue weighted by atomic mass is 16.5. The van der Waals surface area contributed by atoms with Gasteiger partial charge in [0.15, 0.2) is 5.78 Å². The first kappa shape index (κ1) is 23.0. The van der Waals surface area contributed by atoms with Crippen LogP contribution in [0.5, 0.6) is 11.5 Å². The Labute approximate surface area is 176 Å². The number of hydrogen-bond acceptors (Lipinski definition) is 8. The molecule has 0 bridgehead atoms. The van der Waals surface area contributed by atoms with Crippen molar-refractivity contribution >= 4 is 23.3 Å². The lowest BCUT2D eigenvalue weighted by Gasteiger charge is -2.45. The third kappa shape index (κ3) is 3.22. The largest absolute Gasteiger partial charge is 0.497 e. The molecule has 0 unspecified atom stereocenters. The Kier molecular flexibility index (Phi) is 6.60. The number of allylic oxidation sites excluding steroid dienone is 1. The van der Waals surface area contributed by atoms with Crippen LogP contribution < -0.4 is 9.47 Å². The molecule has 1 aliphatic heterocycles. The number of ketones is 1. The highest BCUT2D eigenvalue weighted by Gasteiger charge is 2.55. The van der Waals surface area contributed by atoms with E-state index in [1.807, 2.05) is 0 Å². The van der Waals surface area contributed by atoms with E-state index < -0.39 is 23.3 Å². The van der Waals surface area contributed by atoms with E-state index in [-0.39, 0.29) is 11.1 Å². The third-order valence-corrected chi connectivity index (χ3v) is 5.59. The van der Waals surface area contributed by atoms with Gasteiger partial charge in [-0.3, -0.25) is 4.79 Å². The first-order valence-corrected chi connectivity index (χ1v) is 9.19. The van der Waals surface area contributed by atoms with Gasteiger partial charge in [-0.2, -0.15) is 0 Å². The summed E-state index contributed by atoms with van der Waals surface area (Å²) in [6, 6.07) is 5.17. The van der Waals surface area contributed by atoms with Crippen LogP contribution >= 0.6 is 0 Å². The molecule has 1 aromatic rings. The zero-order valence-corrected chi connectivity index (χ0v) is 18.5. The van der Waals surface area contributed by atoms with Gasteiger partial charge in [0.25, 0.3) is 0 Å². The first-order valence-electron chi connectivity index (χ1n) is 9.19. The molecule has 0 radical (unpaired) electrons. The molecule has 8 nitrogen and oxygen atoms in total. The summed E-state index contributed by atoms with van der Waals surface area (Å²) in [5.74, 6) is -0.902. The lowest BCUT2D eigenvalue weighted by Crippen LogP contribution is -2.60. The van der Waals surface area contributed by atoms with E-state index in [1.165, 1.54) is 40.3 Å². The lowest BCUT2D eigenvalue weighted by atomic mass is 9.75. The van der Waals surface area contributed by atoms with Crippen molar-refractivity contribution in [3.8, 4) is 11.5 Å². The van der Waals surface area contributed by atoms with Crippen molar-refractivity contribution in [3.63, 3.8) is 0 Å². The number of nitrogens with zero attached hydrogens (tertiary/aromatic N) is 1. The summed E-state index contributed by atoms with van der Waals surface area (Å²) in [5.41, 5.74) is 0.120. The Balaban J connectivity index is 2.97. The van der Waals surface area contributed by atoms with Gasteiger partial charge in [-0.05, 0) is 38.5 Å². The number of rotatable bonds is 6. The molecule has 0 amide bonds. The molecule has 1 heterocycles. The molecule has 0 spiro atoms. The summed E-state index contributed by atoms with van der Waals surface area (Å²) in [6.45, 7) is 4.57. The summed E-state index contributed by atoms with van der Waals surface area (Å²) < 4.78 is 20.8. The molecule has 1 aliphatic rings. The van der Waals surface area contributed by atoms with Gasteiger partial charge < -0.3 is 23.8 Å². The van der Waals surface area contributed by atoms with Crippen LogP contribution in [0, 0.1) is 0 Å². The van der Waals surface area contributed by atoms with Gasteiger partial charge in [-0.1, -0.05) is 0 Å². The van der Waals surface area contributed by atoms with Crippen LogP contribution in [-0.4, -0.2) is 63.6 Å². The summed E-state index contributed by atoms with van der Waals surface area (Å²) in [7, 11) is 7.10.